The van der Waals surface area contributed by atoms with Crippen molar-refractivity contribution >= 4 is 6.21 Å². The highest BCUT2D eigenvalue weighted by Crippen LogP contribution is 2.32. The van der Waals surface area contributed by atoms with Gasteiger partial charge >= 0.3 is 0 Å². The minimum Gasteiger partial charge on any atom is -0.348 e. The molecule has 0 saturated heterocycles. The molecule has 2 heterocycles. The Morgan fingerprint density at radius 1 is 1.29 bits per heavy atom. The van der Waals surface area contributed by atoms with E-state index in [1.54, 1.807) is 0 Å². The lowest BCUT2D eigenvalue weighted by molar-refractivity contribution is 0.502. The maximum atomic E-state index is 4.32. The monoisotopic (exact) mass is 188 g/mol. The van der Waals surface area contributed by atoms with Crippen LogP contribution < -0.4 is 0 Å². The van der Waals surface area contributed by atoms with Gasteiger partial charge in [0, 0.05) is 42.7 Å². The summed E-state index contributed by atoms with van der Waals surface area (Å²) in [5.41, 5.74) is 2.87. The van der Waals surface area contributed by atoms with Gasteiger partial charge in [0.2, 0.25) is 0 Å². The Hall–Kier alpha value is -1.05. The molecule has 1 aromatic rings. The average molecular weight is 188 g/mol. The molecular weight excluding hydrogens is 172 g/mol. The van der Waals surface area contributed by atoms with Crippen LogP contribution in [0, 0.1) is 0 Å². The molecule has 2 heteroatoms. The number of aliphatic imine (C=N–C) groups is 1. The summed E-state index contributed by atoms with van der Waals surface area (Å²) in [6.07, 6.45) is 11.0. The molecule has 1 aliphatic heterocycles. The van der Waals surface area contributed by atoms with Gasteiger partial charge < -0.3 is 4.57 Å². The van der Waals surface area contributed by atoms with Crippen LogP contribution in [0.2, 0.25) is 0 Å². The van der Waals surface area contributed by atoms with Crippen molar-refractivity contribution in [3.8, 4) is 0 Å². The first-order valence-corrected chi connectivity index (χ1v) is 5.65. The summed E-state index contributed by atoms with van der Waals surface area (Å²) >= 11 is 0. The number of hydrogen-bond acceptors (Lipinski definition) is 1. The molecular formula is C12H16N2. The highest BCUT2D eigenvalue weighted by molar-refractivity contribution is 5.82. The van der Waals surface area contributed by atoms with Gasteiger partial charge in [-0.05, 0) is 18.9 Å². The Kier molecular flexibility index (Phi) is 1.93. The van der Waals surface area contributed by atoms with Crippen LogP contribution in [0.4, 0.5) is 0 Å². The summed E-state index contributed by atoms with van der Waals surface area (Å²) in [6.45, 7) is 0.976. The van der Waals surface area contributed by atoms with Gasteiger partial charge in [0.05, 0.1) is 0 Å². The highest BCUT2D eigenvalue weighted by Gasteiger charge is 2.20. The van der Waals surface area contributed by atoms with Crippen molar-refractivity contribution in [1.29, 1.82) is 0 Å². The summed E-state index contributed by atoms with van der Waals surface area (Å²) in [5.74, 6) is 0. The zero-order valence-corrected chi connectivity index (χ0v) is 8.45. The van der Waals surface area contributed by atoms with Crippen molar-refractivity contribution in [1.82, 2.24) is 4.57 Å². The predicted octanol–water partition coefficient (Wildman–Crippen LogP) is 2.58. The molecule has 0 amide bonds. The van der Waals surface area contributed by atoms with Crippen LogP contribution in [0.25, 0.3) is 0 Å². The van der Waals surface area contributed by atoms with E-state index in [-0.39, 0.29) is 0 Å². The van der Waals surface area contributed by atoms with E-state index in [2.05, 4.69) is 21.8 Å². The lowest BCUT2D eigenvalue weighted by Crippen LogP contribution is -2.12. The number of hydrogen-bond donors (Lipinski definition) is 0. The standard InChI is InChI=1S/C12H16N2/c1-2-4-11(3-1)14-8-6-10-9-13-7-5-12(10)14/h6,8-9,11H,1-5,7H2. The van der Waals surface area contributed by atoms with Crippen molar-refractivity contribution in [3.63, 3.8) is 0 Å². The molecule has 3 rings (SSSR count). The third-order valence-electron chi connectivity index (χ3n) is 3.49. The first-order valence-electron chi connectivity index (χ1n) is 5.65. The Labute approximate surface area is 84.7 Å². The second-order valence-corrected chi connectivity index (χ2v) is 4.35. The second kappa shape index (κ2) is 3.26. The average Bonchev–Trinajstić information content (AvgIpc) is 2.85. The summed E-state index contributed by atoms with van der Waals surface area (Å²) in [7, 11) is 0. The molecule has 0 N–H and O–H groups in total. The molecule has 1 saturated carbocycles. The maximum Gasteiger partial charge on any atom is 0.0444 e. The van der Waals surface area contributed by atoms with Gasteiger partial charge in [-0.3, -0.25) is 4.99 Å². The summed E-state index contributed by atoms with van der Waals surface area (Å²) in [5, 5.41) is 0. The molecule has 0 unspecified atom stereocenters. The Morgan fingerprint density at radius 3 is 3.00 bits per heavy atom. The largest absolute Gasteiger partial charge is 0.348 e. The second-order valence-electron chi connectivity index (χ2n) is 4.35. The third kappa shape index (κ3) is 1.21. The predicted molar refractivity (Wildman–Crippen MR) is 58.1 cm³/mol. The lowest BCUT2D eigenvalue weighted by atomic mass is 10.1. The van der Waals surface area contributed by atoms with Crippen molar-refractivity contribution in [2.24, 2.45) is 4.99 Å². The molecule has 2 aliphatic rings. The summed E-state index contributed by atoms with van der Waals surface area (Å²) in [6, 6.07) is 3.00. The SMILES string of the molecule is C1=NCCc2c1ccn2C1CCCC1. The van der Waals surface area contributed by atoms with Gasteiger partial charge in [0.15, 0.2) is 0 Å². The van der Waals surface area contributed by atoms with Crippen LogP contribution >= 0.6 is 0 Å². The van der Waals surface area contributed by atoms with E-state index >= 15 is 0 Å². The Balaban J connectivity index is 1.97. The summed E-state index contributed by atoms with van der Waals surface area (Å²) in [4.78, 5) is 4.32. The van der Waals surface area contributed by atoms with Crippen LogP contribution in [0.1, 0.15) is 43.0 Å². The van der Waals surface area contributed by atoms with E-state index in [1.165, 1.54) is 36.9 Å². The molecule has 14 heavy (non-hydrogen) atoms. The van der Waals surface area contributed by atoms with Gasteiger partial charge in [0.1, 0.15) is 0 Å². The van der Waals surface area contributed by atoms with E-state index in [9.17, 15) is 0 Å². The lowest BCUT2D eigenvalue weighted by Gasteiger charge is -2.17. The van der Waals surface area contributed by atoms with Crippen molar-refractivity contribution in [2.45, 2.75) is 38.1 Å². The van der Waals surface area contributed by atoms with Crippen LogP contribution in [-0.2, 0) is 6.42 Å². The molecule has 2 nitrogen and oxygen atoms in total. The smallest absolute Gasteiger partial charge is 0.0444 e. The summed E-state index contributed by atoms with van der Waals surface area (Å²) < 4.78 is 2.51. The van der Waals surface area contributed by atoms with E-state index in [1.807, 2.05) is 6.21 Å². The molecule has 0 radical (unpaired) electrons. The molecule has 0 atom stereocenters. The molecule has 1 aromatic heterocycles. The fourth-order valence-electron chi connectivity index (χ4n) is 2.74. The molecule has 1 aliphatic carbocycles. The van der Waals surface area contributed by atoms with Crippen LogP contribution in [-0.4, -0.2) is 17.3 Å². The first-order chi connectivity index (χ1) is 6.95. The first kappa shape index (κ1) is 8.27. The van der Waals surface area contributed by atoms with Crippen molar-refractivity contribution in [3.05, 3.63) is 23.5 Å². The molecule has 0 aromatic carbocycles. The highest BCUT2D eigenvalue weighted by atomic mass is 15.0. The Bertz CT molecular complexity index is 356. The molecule has 0 bridgehead atoms. The zero-order chi connectivity index (χ0) is 9.38. The topological polar surface area (TPSA) is 17.3 Å². The van der Waals surface area contributed by atoms with Crippen LogP contribution in [0.5, 0.6) is 0 Å². The maximum absolute atomic E-state index is 4.32. The number of fused-ring (bicyclic) bond motifs is 1. The fraction of sp³-hybridized carbons (Fsp3) is 0.583. The minimum atomic E-state index is 0.783. The van der Waals surface area contributed by atoms with Gasteiger partial charge in [-0.25, -0.2) is 0 Å². The van der Waals surface area contributed by atoms with Crippen LogP contribution in [0.15, 0.2) is 17.3 Å². The van der Waals surface area contributed by atoms with Gasteiger partial charge in [-0.15, -0.1) is 0 Å². The molecule has 74 valence electrons. The molecule has 1 fully saturated rings. The Morgan fingerprint density at radius 2 is 2.14 bits per heavy atom. The minimum absolute atomic E-state index is 0.783. The number of rotatable bonds is 1. The van der Waals surface area contributed by atoms with Gasteiger partial charge in [-0.2, -0.15) is 0 Å². The number of aromatic nitrogens is 1. The van der Waals surface area contributed by atoms with E-state index in [0.29, 0.717) is 0 Å². The quantitative estimate of drug-likeness (QED) is 0.644. The van der Waals surface area contributed by atoms with Crippen molar-refractivity contribution < 1.29 is 0 Å². The van der Waals surface area contributed by atoms with E-state index in [4.69, 9.17) is 0 Å². The van der Waals surface area contributed by atoms with Gasteiger partial charge in [0.25, 0.3) is 0 Å². The third-order valence-corrected chi connectivity index (χ3v) is 3.49. The molecule has 0 spiro atoms. The van der Waals surface area contributed by atoms with Crippen LogP contribution in [0.3, 0.4) is 0 Å². The fourth-order valence-corrected chi connectivity index (χ4v) is 2.74. The zero-order valence-electron chi connectivity index (χ0n) is 8.45. The van der Waals surface area contributed by atoms with E-state index in [0.717, 1.165) is 19.0 Å². The number of nitrogens with zero attached hydrogens (tertiary/aromatic N) is 2. The van der Waals surface area contributed by atoms with Crippen molar-refractivity contribution in [2.75, 3.05) is 6.54 Å². The van der Waals surface area contributed by atoms with E-state index < -0.39 is 0 Å². The normalized spacial score (nSPS) is 21.4. The van der Waals surface area contributed by atoms with Gasteiger partial charge in [-0.1, -0.05) is 12.8 Å².